The Bertz CT molecular complexity index is 157. The predicted molar refractivity (Wildman–Crippen MR) is 77.3 cm³/mol. The zero-order chi connectivity index (χ0) is 13.1. The van der Waals surface area contributed by atoms with E-state index in [0.717, 1.165) is 6.42 Å². The van der Waals surface area contributed by atoms with Gasteiger partial charge >= 0.3 is 0 Å². The maximum Gasteiger partial charge on any atom is 0.0588 e. The van der Waals surface area contributed by atoms with Crippen molar-refractivity contribution in [2.24, 2.45) is 5.41 Å². The Kier molecular flexibility index (Phi) is 9.91. The molecule has 0 spiro atoms. The van der Waals surface area contributed by atoms with Crippen LogP contribution in [0.5, 0.6) is 0 Å². The van der Waals surface area contributed by atoms with Crippen molar-refractivity contribution in [3.05, 3.63) is 0 Å². The number of unbranched alkanes of at least 4 members (excludes halogenated alkanes) is 8. The van der Waals surface area contributed by atoms with Gasteiger partial charge < -0.3 is 5.11 Å². The number of hydrogen-bond acceptors (Lipinski definition) is 1. The summed E-state index contributed by atoms with van der Waals surface area (Å²) in [5, 5.41) is 9.89. The third kappa shape index (κ3) is 10.8. The zero-order valence-electron chi connectivity index (χ0n) is 12.6. The highest BCUT2D eigenvalue weighted by Crippen LogP contribution is 2.23. The van der Waals surface area contributed by atoms with Crippen LogP contribution >= 0.6 is 0 Å². The van der Waals surface area contributed by atoms with Crippen LogP contribution in [0.3, 0.4) is 0 Å². The lowest BCUT2D eigenvalue weighted by molar-refractivity contribution is 0.0533. The highest BCUT2D eigenvalue weighted by molar-refractivity contribution is 4.72. The van der Waals surface area contributed by atoms with Gasteiger partial charge in [-0.15, -0.1) is 0 Å². The van der Waals surface area contributed by atoms with E-state index in [2.05, 4.69) is 27.7 Å². The van der Waals surface area contributed by atoms with Gasteiger partial charge in [0.05, 0.1) is 6.10 Å². The monoisotopic (exact) mass is 242 g/mol. The molecule has 0 bridgehead atoms. The van der Waals surface area contributed by atoms with Crippen molar-refractivity contribution >= 4 is 0 Å². The van der Waals surface area contributed by atoms with Crippen LogP contribution in [0.25, 0.3) is 0 Å². The number of rotatable bonds is 10. The topological polar surface area (TPSA) is 20.2 Å². The predicted octanol–water partition coefficient (Wildman–Crippen LogP) is 5.31. The summed E-state index contributed by atoms with van der Waals surface area (Å²) in [6, 6.07) is 0. The number of aliphatic hydroxyl groups excluding tert-OH is 1. The first kappa shape index (κ1) is 17.0. The van der Waals surface area contributed by atoms with Crippen LogP contribution in [-0.2, 0) is 0 Å². The van der Waals surface area contributed by atoms with Crippen LogP contribution in [0, 0.1) is 5.41 Å². The summed E-state index contributed by atoms with van der Waals surface area (Å²) in [5.74, 6) is 0. The first-order valence-electron chi connectivity index (χ1n) is 7.66. The first-order chi connectivity index (χ1) is 7.98. The normalized spacial score (nSPS) is 13.9. The Hall–Kier alpha value is -0.0400. The fourth-order valence-electron chi connectivity index (χ4n) is 2.08. The molecule has 0 aliphatic carbocycles. The second-order valence-corrected chi connectivity index (χ2v) is 6.50. The fourth-order valence-corrected chi connectivity index (χ4v) is 2.08. The van der Waals surface area contributed by atoms with Gasteiger partial charge in [0, 0.05) is 0 Å². The minimum absolute atomic E-state index is 0.0557. The van der Waals surface area contributed by atoms with E-state index in [1.807, 2.05) is 0 Å². The zero-order valence-corrected chi connectivity index (χ0v) is 12.6. The lowest BCUT2D eigenvalue weighted by atomic mass is 9.86. The van der Waals surface area contributed by atoms with Crippen LogP contribution in [0.4, 0.5) is 0 Å². The van der Waals surface area contributed by atoms with Crippen molar-refractivity contribution in [3.8, 4) is 0 Å². The summed E-state index contributed by atoms with van der Waals surface area (Å²) in [6.45, 7) is 8.61. The Labute approximate surface area is 109 Å². The van der Waals surface area contributed by atoms with Crippen molar-refractivity contribution in [1.29, 1.82) is 0 Å². The average Bonchev–Trinajstić information content (AvgIpc) is 2.25. The van der Waals surface area contributed by atoms with Gasteiger partial charge in [-0.1, -0.05) is 85.5 Å². The summed E-state index contributed by atoms with van der Waals surface area (Å²) in [6.07, 6.45) is 13.0. The van der Waals surface area contributed by atoms with Crippen molar-refractivity contribution in [3.63, 3.8) is 0 Å². The molecule has 0 aliphatic rings. The SMILES string of the molecule is CCCCCCCCCCC[C@H](O)C(C)(C)C. The highest BCUT2D eigenvalue weighted by Gasteiger charge is 2.20. The van der Waals surface area contributed by atoms with Crippen molar-refractivity contribution in [2.75, 3.05) is 0 Å². The van der Waals surface area contributed by atoms with E-state index in [1.165, 1.54) is 57.8 Å². The molecule has 1 N–H and O–H groups in total. The lowest BCUT2D eigenvalue weighted by Gasteiger charge is -2.25. The summed E-state index contributed by atoms with van der Waals surface area (Å²) in [5.41, 5.74) is 0.0557. The van der Waals surface area contributed by atoms with Crippen LogP contribution in [0.15, 0.2) is 0 Å². The van der Waals surface area contributed by atoms with E-state index in [0.29, 0.717) is 0 Å². The van der Waals surface area contributed by atoms with Gasteiger partial charge in [-0.25, -0.2) is 0 Å². The second-order valence-electron chi connectivity index (χ2n) is 6.50. The van der Waals surface area contributed by atoms with Crippen LogP contribution in [0.2, 0.25) is 0 Å². The maximum absolute atomic E-state index is 9.89. The molecule has 0 rings (SSSR count). The van der Waals surface area contributed by atoms with E-state index in [-0.39, 0.29) is 11.5 Å². The molecule has 1 nitrogen and oxygen atoms in total. The van der Waals surface area contributed by atoms with Crippen LogP contribution < -0.4 is 0 Å². The Morgan fingerprint density at radius 1 is 0.765 bits per heavy atom. The van der Waals surface area contributed by atoms with Gasteiger partial charge in [-0.3, -0.25) is 0 Å². The minimum atomic E-state index is -0.132. The Balaban J connectivity index is 3.19. The summed E-state index contributed by atoms with van der Waals surface area (Å²) in [4.78, 5) is 0. The number of hydrogen-bond donors (Lipinski definition) is 1. The molecule has 104 valence electrons. The smallest absolute Gasteiger partial charge is 0.0588 e. The fraction of sp³-hybridized carbons (Fsp3) is 1.00. The van der Waals surface area contributed by atoms with Gasteiger partial charge in [0.15, 0.2) is 0 Å². The molecule has 0 amide bonds. The summed E-state index contributed by atoms with van der Waals surface area (Å²) >= 11 is 0. The molecule has 0 radical (unpaired) electrons. The highest BCUT2D eigenvalue weighted by atomic mass is 16.3. The molecule has 0 saturated carbocycles. The lowest BCUT2D eigenvalue weighted by Crippen LogP contribution is -2.25. The third-order valence-electron chi connectivity index (χ3n) is 3.58. The molecule has 0 fully saturated rings. The molecule has 0 aliphatic heterocycles. The largest absolute Gasteiger partial charge is 0.393 e. The van der Waals surface area contributed by atoms with Crippen LogP contribution in [0.1, 0.15) is 91.9 Å². The molecule has 0 aromatic carbocycles. The molecule has 0 heterocycles. The molecular formula is C16H34O. The molecule has 0 unspecified atom stereocenters. The summed E-state index contributed by atoms with van der Waals surface area (Å²) in [7, 11) is 0. The third-order valence-corrected chi connectivity index (χ3v) is 3.58. The van der Waals surface area contributed by atoms with Gasteiger partial charge in [0.1, 0.15) is 0 Å². The van der Waals surface area contributed by atoms with Gasteiger partial charge in [0.2, 0.25) is 0 Å². The summed E-state index contributed by atoms with van der Waals surface area (Å²) < 4.78 is 0. The molecule has 0 aromatic rings. The number of aliphatic hydroxyl groups is 1. The van der Waals surface area contributed by atoms with E-state index in [1.54, 1.807) is 0 Å². The quantitative estimate of drug-likeness (QED) is 0.514. The Morgan fingerprint density at radius 3 is 1.59 bits per heavy atom. The van der Waals surface area contributed by atoms with Gasteiger partial charge in [-0.05, 0) is 11.8 Å². The minimum Gasteiger partial charge on any atom is -0.393 e. The van der Waals surface area contributed by atoms with E-state index in [4.69, 9.17) is 0 Å². The van der Waals surface area contributed by atoms with E-state index in [9.17, 15) is 5.11 Å². The Morgan fingerprint density at radius 2 is 1.18 bits per heavy atom. The standard InChI is InChI=1S/C16H34O/c1-5-6-7-8-9-10-11-12-13-14-15(17)16(2,3)4/h15,17H,5-14H2,1-4H3/t15-/m0/s1. The molecule has 0 saturated heterocycles. The molecule has 17 heavy (non-hydrogen) atoms. The molecular weight excluding hydrogens is 208 g/mol. The molecule has 0 aromatic heterocycles. The van der Waals surface area contributed by atoms with Gasteiger partial charge in [0.25, 0.3) is 0 Å². The van der Waals surface area contributed by atoms with Crippen LogP contribution in [-0.4, -0.2) is 11.2 Å². The second kappa shape index (κ2) is 9.94. The first-order valence-corrected chi connectivity index (χ1v) is 7.66. The van der Waals surface area contributed by atoms with Crippen molar-refractivity contribution in [1.82, 2.24) is 0 Å². The van der Waals surface area contributed by atoms with Crippen molar-refractivity contribution in [2.45, 2.75) is 98.0 Å². The molecule has 1 heteroatoms. The van der Waals surface area contributed by atoms with Crippen molar-refractivity contribution < 1.29 is 5.11 Å². The van der Waals surface area contributed by atoms with E-state index >= 15 is 0 Å². The molecule has 1 atom stereocenters. The maximum atomic E-state index is 9.89. The van der Waals surface area contributed by atoms with Gasteiger partial charge in [-0.2, -0.15) is 0 Å². The van der Waals surface area contributed by atoms with E-state index < -0.39 is 0 Å². The average molecular weight is 242 g/mol.